The molecule has 0 spiro atoms. The number of nitrogens with zero attached hydrogens (tertiary/aromatic N) is 1. The van der Waals surface area contributed by atoms with Gasteiger partial charge in [0.25, 0.3) is 11.5 Å². The number of aromatic nitrogens is 2. The van der Waals surface area contributed by atoms with Gasteiger partial charge in [-0.1, -0.05) is 24.4 Å². The van der Waals surface area contributed by atoms with E-state index in [0.717, 1.165) is 0 Å². The summed E-state index contributed by atoms with van der Waals surface area (Å²) in [6.07, 6.45) is -0.0441. The molecular weight excluding hydrogens is 426 g/mol. The summed E-state index contributed by atoms with van der Waals surface area (Å²) in [6, 6.07) is 4.82. The molecule has 31 heavy (non-hydrogen) atoms. The van der Waals surface area contributed by atoms with Gasteiger partial charge in [0.2, 0.25) is 5.95 Å². The normalized spacial score (nSPS) is 11.5. The van der Waals surface area contributed by atoms with Crippen LogP contribution >= 0.6 is 12.2 Å². The molecule has 0 aliphatic heterocycles. The fourth-order valence-electron chi connectivity index (χ4n) is 2.73. The van der Waals surface area contributed by atoms with Gasteiger partial charge < -0.3 is 27.0 Å². The second-order valence-electron chi connectivity index (χ2n) is 6.61. The Morgan fingerprint density at radius 1 is 1.10 bits per heavy atom. The average molecular weight is 447 g/mol. The standard InChI is InChI=1S/C19H21N5O6S/c20-15-11(17(28)24-19(21)23-15)5-7-13(31)9-1-3-10(4-2-9)16(27)22-12(18(29)30)6-8-14(25)26/h1-4,12H,5-8H2,(H,22,27)(H,25,26)(H,29,30)(H5,20,21,23,24,28)/t12-/m0/s1. The second kappa shape index (κ2) is 10.3. The van der Waals surface area contributed by atoms with Crippen molar-refractivity contribution in [2.75, 3.05) is 11.5 Å². The number of nitrogens with one attached hydrogen (secondary N) is 2. The first-order valence-electron chi connectivity index (χ1n) is 9.11. The smallest absolute Gasteiger partial charge is 0.326 e. The highest BCUT2D eigenvalue weighted by atomic mass is 32.1. The molecule has 1 amide bonds. The molecule has 164 valence electrons. The largest absolute Gasteiger partial charge is 0.481 e. The van der Waals surface area contributed by atoms with Crippen LogP contribution in [0.5, 0.6) is 0 Å². The number of nitrogens with two attached hydrogens (primary N) is 2. The molecule has 11 nitrogen and oxygen atoms in total. The third kappa shape index (κ3) is 6.60. The van der Waals surface area contributed by atoms with Crippen molar-refractivity contribution in [1.82, 2.24) is 15.3 Å². The lowest BCUT2D eigenvalue weighted by Crippen LogP contribution is -2.41. The number of carboxylic acids is 2. The van der Waals surface area contributed by atoms with Crippen LogP contribution in [0.1, 0.15) is 40.7 Å². The number of carbonyl (C=O) groups excluding carboxylic acids is 1. The van der Waals surface area contributed by atoms with Gasteiger partial charge in [-0.15, -0.1) is 0 Å². The molecule has 0 radical (unpaired) electrons. The maximum Gasteiger partial charge on any atom is 0.326 e. The first-order valence-corrected chi connectivity index (χ1v) is 9.52. The molecule has 1 aromatic heterocycles. The summed E-state index contributed by atoms with van der Waals surface area (Å²) < 4.78 is 0. The summed E-state index contributed by atoms with van der Waals surface area (Å²) in [6.45, 7) is 0. The van der Waals surface area contributed by atoms with Gasteiger partial charge in [-0.05, 0) is 37.0 Å². The van der Waals surface area contributed by atoms with Crippen molar-refractivity contribution < 1.29 is 24.6 Å². The quantitative estimate of drug-likeness (QED) is 0.218. The number of amides is 1. The van der Waals surface area contributed by atoms with Gasteiger partial charge in [-0.3, -0.25) is 19.4 Å². The predicted molar refractivity (Wildman–Crippen MR) is 116 cm³/mol. The zero-order valence-electron chi connectivity index (χ0n) is 16.3. The van der Waals surface area contributed by atoms with Crippen LogP contribution in [-0.4, -0.2) is 48.9 Å². The first kappa shape index (κ1) is 23.5. The maximum absolute atomic E-state index is 12.3. The summed E-state index contributed by atoms with van der Waals surface area (Å²) >= 11 is 5.37. The molecule has 0 unspecified atom stereocenters. The van der Waals surface area contributed by atoms with E-state index in [1.807, 2.05) is 0 Å². The van der Waals surface area contributed by atoms with Crippen LogP contribution in [0.15, 0.2) is 29.1 Å². The number of aromatic amines is 1. The number of H-pyrrole nitrogens is 1. The molecule has 1 heterocycles. The van der Waals surface area contributed by atoms with Crippen molar-refractivity contribution in [3.05, 3.63) is 51.3 Å². The van der Waals surface area contributed by atoms with Crippen molar-refractivity contribution in [3.8, 4) is 0 Å². The summed E-state index contributed by atoms with van der Waals surface area (Å²) in [5.41, 5.74) is 11.8. The Balaban J connectivity index is 2.01. The molecule has 2 rings (SSSR count). The second-order valence-corrected chi connectivity index (χ2v) is 7.10. The van der Waals surface area contributed by atoms with Crippen molar-refractivity contribution in [3.63, 3.8) is 0 Å². The minimum Gasteiger partial charge on any atom is -0.481 e. The SMILES string of the molecule is Nc1nc(N)c(CCC(=S)c2ccc(C(=O)N[C@@H](CCC(=O)O)C(=O)O)cc2)c(=O)[nH]1. The van der Waals surface area contributed by atoms with E-state index in [2.05, 4.69) is 15.3 Å². The van der Waals surface area contributed by atoms with Gasteiger partial charge in [-0.2, -0.15) is 4.98 Å². The molecule has 2 aromatic rings. The van der Waals surface area contributed by atoms with E-state index in [1.54, 1.807) is 12.1 Å². The topological polar surface area (TPSA) is 201 Å². The number of anilines is 2. The number of hydrogen-bond acceptors (Lipinski definition) is 8. The van der Waals surface area contributed by atoms with E-state index in [1.165, 1.54) is 12.1 Å². The van der Waals surface area contributed by atoms with Crippen LogP contribution in [0.3, 0.4) is 0 Å². The Morgan fingerprint density at radius 3 is 2.26 bits per heavy atom. The number of thiocarbonyl (C=S) groups is 1. The van der Waals surface area contributed by atoms with Crippen LogP contribution in [0.25, 0.3) is 0 Å². The zero-order valence-corrected chi connectivity index (χ0v) is 17.1. The molecule has 12 heteroatoms. The van der Waals surface area contributed by atoms with Crippen molar-refractivity contribution in [2.45, 2.75) is 31.7 Å². The number of nitrogen functional groups attached to an aromatic ring is 2. The van der Waals surface area contributed by atoms with Crippen molar-refractivity contribution >= 4 is 46.7 Å². The molecule has 0 aliphatic carbocycles. The van der Waals surface area contributed by atoms with Crippen LogP contribution in [0, 0.1) is 0 Å². The number of carboxylic acid groups (broad SMARTS) is 2. The van der Waals surface area contributed by atoms with Crippen LogP contribution in [0.2, 0.25) is 0 Å². The number of rotatable bonds is 10. The highest BCUT2D eigenvalue weighted by Gasteiger charge is 2.21. The Hall–Kier alpha value is -3.80. The summed E-state index contributed by atoms with van der Waals surface area (Å²) in [5, 5.41) is 20.1. The van der Waals surface area contributed by atoms with Crippen molar-refractivity contribution in [2.24, 2.45) is 0 Å². The highest BCUT2D eigenvalue weighted by Crippen LogP contribution is 2.13. The van der Waals surface area contributed by atoms with E-state index in [-0.39, 0.29) is 42.2 Å². The lowest BCUT2D eigenvalue weighted by molar-refractivity contribution is -0.140. The molecule has 0 fully saturated rings. The van der Waals surface area contributed by atoms with Crippen LogP contribution in [-0.2, 0) is 16.0 Å². The molecule has 0 bridgehead atoms. The van der Waals surface area contributed by atoms with Crippen molar-refractivity contribution in [1.29, 1.82) is 0 Å². The van der Waals surface area contributed by atoms with E-state index in [0.29, 0.717) is 16.8 Å². The molecule has 8 N–H and O–H groups in total. The van der Waals surface area contributed by atoms with Gasteiger partial charge in [0, 0.05) is 16.8 Å². The summed E-state index contributed by atoms with van der Waals surface area (Å²) in [5.74, 6) is -3.17. The van der Waals surface area contributed by atoms with E-state index < -0.39 is 29.4 Å². The van der Waals surface area contributed by atoms with E-state index >= 15 is 0 Å². The number of benzene rings is 1. The Bertz CT molecular complexity index is 1070. The lowest BCUT2D eigenvalue weighted by atomic mass is 10.0. The van der Waals surface area contributed by atoms with Gasteiger partial charge in [0.15, 0.2) is 0 Å². The van der Waals surface area contributed by atoms with Crippen LogP contribution in [0.4, 0.5) is 11.8 Å². The summed E-state index contributed by atoms with van der Waals surface area (Å²) in [7, 11) is 0. The number of hydrogen-bond donors (Lipinski definition) is 6. The maximum atomic E-state index is 12.3. The number of carbonyl (C=O) groups is 3. The molecule has 1 atom stereocenters. The third-order valence-corrected chi connectivity index (χ3v) is 4.83. The van der Waals surface area contributed by atoms with E-state index in [9.17, 15) is 19.2 Å². The fourth-order valence-corrected chi connectivity index (χ4v) is 2.97. The lowest BCUT2D eigenvalue weighted by Gasteiger charge is -2.14. The third-order valence-electron chi connectivity index (χ3n) is 4.39. The van der Waals surface area contributed by atoms with Crippen LogP contribution < -0.4 is 22.3 Å². The van der Waals surface area contributed by atoms with Gasteiger partial charge in [0.1, 0.15) is 11.9 Å². The monoisotopic (exact) mass is 447 g/mol. The summed E-state index contributed by atoms with van der Waals surface area (Å²) in [4.78, 5) is 52.7. The minimum absolute atomic E-state index is 0.0342. The Labute approximate surface area is 181 Å². The van der Waals surface area contributed by atoms with Gasteiger partial charge in [-0.25, -0.2) is 4.79 Å². The molecule has 1 aromatic carbocycles. The molecule has 0 saturated carbocycles. The average Bonchev–Trinajstić information content (AvgIpc) is 2.69. The predicted octanol–water partition coefficient (Wildman–Crippen LogP) is 0.333. The Kier molecular flexibility index (Phi) is 7.80. The fraction of sp³-hybridized carbons (Fsp3) is 0.263. The minimum atomic E-state index is -1.32. The molecular formula is C19H21N5O6S. The van der Waals surface area contributed by atoms with Gasteiger partial charge >= 0.3 is 11.9 Å². The van der Waals surface area contributed by atoms with E-state index in [4.69, 9.17) is 33.9 Å². The number of aliphatic carboxylic acids is 2. The van der Waals surface area contributed by atoms with Gasteiger partial charge in [0.05, 0.1) is 5.56 Å². The zero-order chi connectivity index (χ0) is 23.1. The molecule has 0 aliphatic rings. The Morgan fingerprint density at radius 2 is 1.71 bits per heavy atom. The highest BCUT2D eigenvalue weighted by molar-refractivity contribution is 7.80. The molecule has 0 saturated heterocycles. The first-order chi connectivity index (χ1) is 14.6.